The predicted octanol–water partition coefficient (Wildman–Crippen LogP) is 3.81. The first-order chi connectivity index (χ1) is 9.35. The van der Waals surface area contributed by atoms with Crippen molar-refractivity contribution in [1.82, 2.24) is 10.2 Å². The van der Waals surface area contributed by atoms with E-state index in [-0.39, 0.29) is 0 Å². The molecule has 0 spiro atoms. The van der Waals surface area contributed by atoms with Crippen LogP contribution in [0.1, 0.15) is 71.6 Å². The van der Waals surface area contributed by atoms with Gasteiger partial charge < -0.3 is 5.32 Å². The first kappa shape index (κ1) is 15.3. The maximum atomic E-state index is 3.74. The van der Waals surface area contributed by atoms with Crippen LogP contribution in [0.25, 0.3) is 0 Å². The zero-order chi connectivity index (χ0) is 13.5. The lowest BCUT2D eigenvalue weighted by atomic mass is 9.81. The van der Waals surface area contributed by atoms with E-state index in [1.165, 1.54) is 77.4 Å². The zero-order valence-corrected chi connectivity index (χ0v) is 13.2. The Balaban J connectivity index is 1.86. The minimum Gasteiger partial charge on any atom is -0.313 e. The van der Waals surface area contributed by atoms with E-state index in [1.54, 1.807) is 0 Å². The molecule has 0 radical (unpaired) electrons. The van der Waals surface area contributed by atoms with Crippen molar-refractivity contribution in [3.05, 3.63) is 0 Å². The van der Waals surface area contributed by atoms with Gasteiger partial charge in [-0.05, 0) is 57.5 Å². The Kier molecular flexibility index (Phi) is 6.66. The molecule has 0 bridgehead atoms. The van der Waals surface area contributed by atoms with Crippen LogP contribution in [-0.4, -0.2) is 36.6 Å². The van der Waals surface area contributed by atoms with Crippen LogP contribution in [-0.2, 0) is 0 Å². The molecule has 1 saturated carbocycles. The topological polar surface area (TPSA) is 15.3 Å². The van der Waals surface area contributed by atoms with Crippen LogP contribution in [0, 0.1) is 5.92 Å². The quantitative estimate of drug-likeness (QED) is 0.786. The van der Waals surface area contributed by atoms with E-state index in [9.17, 15) is 0 Å². The van der Waals surface area contributed by atoms with Gasteiger partial charge in [0.15, 0.2) is 0 Å². The molecule has 0 aromatic carbocycles. The predicted molar refractivity (Wildman–Crippen MR) is 83.5 cm³/mol. The van der Waals surface area contributed by atoms with Gasteiger partial charge in [0.1, 0.15) is 0 Å². The first-order valence-electron chi connectivity index (χ1n) is 8.82. The SMILES string of the molecule is CCCNC1CCCN(C(CC)C2CCCCC2)C1. The second kappa shape index (κ2) is 8.26. The summed E-state index contributed by atoms with van der Waals surface area (Å²) in [6, 6.07) is 1.62. The molecule has 1 aliphatic heterocycles. The largest absolute Gasteiger partial charge is 0.313 e. The number of hydrogen-bond donors (Lipinski definition) is 1. The number of nitrogens with one attached hydrogen (secondary N) is 1. The Bertz CT molecular complexity index is 235. The van der Waals surface area contributed by atoms with Gasteiger partial charge in [-0.15, -0.1) is 0 Å². The highest BCUT2D eigenvalue weighted by molar-refractivity contribution is 4.86. The fourth-order valence-electron chi connectivity index (χ4n) is 4.23. The monoisotopic (exact) mass is 266 g/mol. The fourth-order valence-corrected chi connectivity index (χ4v) is 4.23. The van der Waals surface area contributed by atoms with E-state index in [0.29, 0.717) is 0 Å². The lowest BCUT2D eigenvalue weighted by Crippen LogP contribution is -2.51. The maximum Gasteiger partial charge on any atom is 0.0195 e. The Morgan fingerprint density at radius 2 is 1.84 bits per heavy atom. The molecule has 2 fully saturated rings. The fraction of sp³-hybridized carbons (Fsp3) is 1.00. The van der Waals surface area contributed by atoms with Gasteiger partial charge in [-0.2, -0.15) is 0 Å². The van der Waals surface area contributed by atoms with Gasteiger partial charge in [-0.25, -0.2) is 0 Å². The van der Waals surface area contributed by atoms with Crippen LogP contribution >= 0.6 is 0 Å². The van der Waals surface area contributed by atoms with E-state index >= 15 is 0 Å². The maximum absolute atomic E-state index is 3.74. The Morgan fingerprint density at radius 3 is 2.53 bits per heavy atom. The molecule has 0 aromatic rings. The minimum absolute atomic E-state index is 0.756. The lowest BCUT2D eigenvalue weighted by Gasteiger charge is -2.43. The van der Waals surface area contributed by atoms with E-state index in [1.807, 2.05) is 0 Å². The van der Waals surface area contributed by atoms with Gasteiger partial charge in [-0.1, -0.05) is 33.1 Å². The Labute approximate surface area is 120 Å². The van der Waals surface area contributed by atoms with Crippen LogP contribution in [0.2, 0.25) is 0 Å². The average Bonchev–Trinajstić information content (AvgIpc) is 2.47. The number of hydrogen-bond acceptors (Lipinski definition) is 2. The Hall–Kier alpha value is -0.0800. The van der Waals surface area contributed by atoms with Crippen molar-refractivity contribution in [1.29, 1.82) is 0 Å². The van der Waals surface area contributed by atoms with Gasteiger partial charge in [0.05, 0.1) is 0 Å². The summed E-state index contributed by atoms with van der Waals surface area (Å²) in [4.78, 5) is 2.83. The van der Waals surface area contributed by atoms with Crippen molar-refractivity contribution >= 4 is 0 Å². The lowest BCUT2D eigenvalue weighted by molar-refractivity contribution is 0.0788. The summed E-state index contributed by atoms with van der Waals surface area (Å²) in [6.45, 7) is 8.51. The molecule has 1 N–H and O–H groups in total. The summed E-state index contributed by atoms with van der Waals surface area (Å²) in [5, 5.41) is 3.74. The van der Waals surface area contributed by atoms with E-state index in [4.69, 9.17) is 0 Å². The third-order valence-corrected chi connectivity index (χ3v) is 5.22. The summed E-state index contributed by atoms with van der Waals surface area (Å²) >= 11 is 0. The van der Waals surface area contributed by atoms with Crippen molar-refractivity contribution in [2.75, 3.05) is 19.6 Å². The van der Waals surface area contributed by atoms with Gasteiger partial charge in [0, 0.05) is 18.6 Å². The molecule has 1 aliphatic carbocycles. The van der Waals surface area contributed by atoms with Crippen molar-refractivity contribution in [2.24, 2.45) is 5.92 Å². The van der Waals surface area contributed by atoms with Crippen LogP contribution in [0.4, 0.5) is 0 Å². The molecular formula is C17H34N2. The van der Waals surface area contributed by atoms with Gasteiger partial charge in [0.2, 0.25) is 0 Å². The van der Waals surface area contributed by atoms with Crippen LogP contribution in [0.5, 0.6) is 0 Å². The molecule has 2 heteroatoms. The van der Waals surface area contributed by atoms with E-state index < -0.39 is 0 Å². The molecule has 19 heavy (non-hydrogen) atoms. The van der Waals surface area contributed by atoms with Gasteiger partial charge in [0.25, 0.3) is 0 Å². The summed E-state index contributed by atoms with van der Waals surface area (Å²) in [7, 11) is 0. The molecule has 2 atom stereocenters. The van der Waals surface area contributed by atoms with Crippen LogP contribution in [0.15, 0.2) is 0 Å². The van der Waals surface area contributed by atoms with Gasteiger partial charge in [-0.3, -0.25) is 4.90 Å². The molecule has 0 aromatic heterocycles. The molecule has 2 nitrogen and oxygen atoms in total. The van der Waals surface area contributed by atoms with Crippen LogP contribution in [0.3, 0.4) is 0 Å². The standard InChI is InChI=1S/C17H34N2/c1-3-12-18-16-11-8-13-19(14-16)17(4-2)15-9-6-5-7-10-15/h15-18H,3-14H2,1-2H3. The van der Waals surface area contributed by atoms with Crippen molar-refractivity contribution < 1.29 is 0 Å². The van der Waals surface area contributed by atoms with Gasteiger partial charge >= 0.3 is 0 Å². The molecule has 1 heterocycles. The molecule has 2 rings (SSSR count). The third-order valence-electron chi connectivity index (χ3n) is 5.22. The molecule has 2 aliphatic rings. The van der Waals surface area contributed by atoms with E-state index in [2.05, 4.69) is 24.1 Å². The second-order valence-corrected chi connectivity index (χ2v) is 6.66. The van der Waals surface area contributed by atoms with E-state index in [0.717, 1.165) is 18.0 Å². The van der Waals surface area contributed by atoms with Crippen molar-refractivity contribution in [3.63, 3.8) is 0 Å². The van der Waals surface area contributed by atoms with Crippen molar-refractivity contribution in [2.45, 2.75) is 83.7 Å². The number of nitrogens with zero attached hydrogens (tertiary/aromatic N) is 1. The first-order valence-corrected chi connectivity index (χ1v) is 8.82. The average molecular weight is 266 g/mol. The zero-order valence-electron chi connectivity index (χ0n) is 13.2. The highest BCUT2D eigenvalue weighted by atomic mass is 15.2. The Morgan fingerprint density at radius 1 is 1.05 bits per heavy atom. The minimum atomic E-state index is 0.756. The number of piperidine rings is 1. The normalized spacial score (nSPS) is 28.4. The second-order valence-electron chi connectivity index (χ2n) is 6.66. The van der Waals surface area contributed by atoms with Crippen LogP contribution < -0.4 is 5.32 Å². The molecular weight excluding hydrogens is 232 g/mol. The summed E-state index contributed by atoms with van der Waals surface area (Å²) in [6.07, 6.45) is 12.8. The third kappa shape index (κ3) is 4.46. The molecule has 2 unspecified atom stereocenters. The highest BCUT2D eigenvalue weighted by Crippen LogP contribution is 2.31. The molecule has 1 saturated heterocycles. The molecule has 112 valence electrons. The number of likely N-dealkylation sites (tertiary alicyclic amines) is 1. The van der Waals surface area contributed by atoms with Crippen molar-refractivity contribution in [3.8, 4) is 0 Å². The molecule has 0 amide bonds. The summed E-state index contributed by atoms with van der Waals surface area (Å²) in [5.41, 5.74) is 0. The number of rotatable bonds is 6. The smallest absolute Gasteiger partial charge is 0.0195 e. The summed E-state index contributed by atoms with van der Waals surface area (Å²) < 4.78 is 0. The summed E-state index contributed by atoms with van der Waals surface area (Å²) in [5.74, 6) is 0.990. The highest BCUT2D eigenvalue weighted by Gasteiger charge is 2.30.